The third kappa shape index (κ3) is 4.95. The molecule has 0 radical (unpaired) electrons. The van der Waals surface area contributed by atoms with E-state index in [2.05, 4.69) is 20.7 Å². The average Bonchev–Trinajstić information content (AvgIpc) is 3.40. The van der Waals surface area contributed by atoms with Crippen LogP contribution in [0.3, 0.4) is 0 Å². The molecule has 9 nitrogen and oxygen atoms in total. The standard InChI is InChI=1S/C22H21N5O4/c1-14-7-9-16(10-8-14)22-24-26-27(25-22)12-21(29)30-13-20(28)23-15(2)19-11-17-5-3-4-6-18(17)31-19/h3-11,15H,12-13H2,1-2H3,(H,23,28)/t15-/m0/s1. The first-order valence-electron chi connectivity index (χ1n) is 9.76. The molecule has 9 heteroatoms. The van der Waals surface area contributed by atoms with Crippen molar-refractivity contribution in [2.75, 3.05) is 6.61 Å². The average molecular weight is 419 g/mol. The second-order valence-electron chi connectivity index (χ2n) is 7.15. The van der Waals surface area contributed by atoms with Gasteiger partial charge in [-0.15, -0.1) is 10.2 Å². The minimum Gasteiger partial charge on any atom is -0.459 e. The van der Waals surface area contributed by atoms with Crippen molar-refractivity contribution in [3.8, 4) is 11.4 Å². The second-order valence-corrected chi connectivity index (χ2v) is 7.15. The summed E-state index contributed by atoms with van der Waals surface area (Å²) in [6.07, 6.45) is 0. The van der Waals surface area contributed by atoms with E-state index in [-0.39, 0.29) is 12.6 Å². The third-order valence-corrected chi connectivity index (χ3v) is 4.65. The molecule has 2 aromatic carbocycles. The summed E-state index contributed by atoms with van der Waals surface area (Å²) in [6.45, 7) is 3.12. The number of esters is 1. The smallest absolute Gasteiger partial charge is 0.330 e. The van der Waals surface area contributed by atoms with Crippen molar-refractivity contribution >= 4 is 22.8 Å². The number of fused-ring (bicyclic) bond motifs is 1. The Labute approximate surface area is 178 Å². The van der Waals surface area contributed by atoms with E-state index in [9.17, 15) is 9.59 Å². The summed E-state index contributed by atoms with van der Waals surface area (Å²) >= 11 is 0. The molecule has 0 spiro atoms. The number of hydrogen-bond acceptors (Lipinski definition) is 7. The Morgan fingerprint density at radius 3 is 2.71 bits per heavy atom. The number of para-hydroxylation sites is 1. The first-order valence-corrected chi connectivity index (χ1v) is 9.76. The molecule has 1 N–H and O–H groups in total. The molecular weight excluding hydrogens is 398 g/mol. The van der Waals surface area contributed by atoms with Gasteiger partial charge in [0.2, 0.25) is 5.82 Å². The number of carbonyl (C=O) groups excluding carboxylic acids is 2. The number of nitrogens with one attached hydrogen (secondary N) is 1. The van der Waals surface area contributed by atoms with E-state index in [1.165, 1.54) is 0 Å². The van der Waals surface area contributed by atoms with Gasteiger partial charge in [-0.05, 0) is 31.2 Å². The molecule has 1 amide bonds. The lowest BCUT2D eigenvalue weighted by atomic mass is 10.1. The number of carbonyl (C=O) groups is 2. The molecule has 0 aliphatic carbocycles. The van der Waals surface area contributed by atoms with Gasteiger partial charge < -0.3 is 14.5 Å². The maximum atomic E-state index is 12.1. The molecule has 2 heterocycles. The van der Waals surface area contributed by atoms with Crippen molar-refractivity contribution in [3.63, 3.8) is 0 Å². The molecule has 0 unspecified atom stereocenters. The molecule has 1 atom stereocenters. The third-order valence-electron chi connectivity index (χ3n) is 4.65. The second kappa shape index (κ2) is 8.78. The van der Waals surface area contributed by atoms with Crippen LogP contribution in [0, 0.1) is 6.92 Å². The van der Waals surface area contributed by atoms with Gasteiger partial charge in [-0.1, -0.05) is 48.0 Å². The number of hydrogen-bond donors (Lipinski definition) is 1. The lowest BCUT2D eigenvalue weighted by Crippen LogP contribution is -2.31. The number of furan rings is 1. The van der Waals surface area contributed by atoms with Crippen molar-refractivity contribution in [1.29, 1.82) is 0 Å². The number of amides is 1. The summed E-state index contributed by atoms with van der Waals surface area (Å²) in [4.78, 5) is 25.3. The van der Waals surface area contributed by atoms with Crippen LogP contribution in [0.15, 0.2) is 59.0 Å². The number of aromatic nitrogens is 4. The van der Waals surface area contributed by atoms with Crippen molar-refractivity contribution in [2.24, 2.45) is 0 Å². The van der Waals surface area contributed by atoms with Crippen LogP contribution in [0.25, 0.3) is 22.4 Å². The van der Waals surface area contributed by atoms with Crippen LogP contribution < -0.4 is 5.32 Å². The summed E-state index contributed by atoms with van der Waals surface area (Å²) in [7, 11) is 0. The van der Waals surface area contributed by atoms with Crippen molar-refractivity contribution < 1.29 is 18.7 Å². The fourth-order valence-corrected chi connectivity index (χ4v) is 3.01. The van der Waals surface area contributed by atoms with Crippen LogP contribution >= 0.6 is 0 Å². The summed E-state index contributed by atoms with van der Waals surface area (Å²) in [6, 6.07) is 16.7. The quantitative estimate of drug-likeness (QED) is 0.458. The summed E-state index contributed by atoms with van der Waals surface area (Å²) in [5.41, 5.74) is 2.66. The fraction of sp³-hybridized carbons (Fsp3) is 0.227. The van der Waals surface area contributed by atoms with Crippen LogP contribution in [-0.2, 0) is 20.9 Å². The predicted octanol–water partition coefficient (Wildman–Crippen LogP) is 2.82. The number of nitrogens with zero attached hydrogens (tertiary/aromatic N) is 4. The van der Waals surface area contributed by atoms with Gasteiger partial charge in [0.1, 0.15) is 11.3 Å². The number of aryl methyl sites for hydroxylation is 1. The zero-order valence-corrected chi connectivity index (χ0v) is 17.1. The minimum absolute atomic E-state index is 0.245. The molecule has 31 heavy (non-hydrogen) atoms. The predicted molar refractivity (Wildman–Crippen MR) is 112 cm³/mol. The van der Waals surface area contributed by atoms with Crippen LogP contribution in [0.4, 0.5) is 0 Å². The van der Waals surface area contributed by atoms with Crippen LogP contribution in [0.1, 0.15) is 24.3 Å². The number of benzene rings is 2. The molecule has 0 fully saturated rings. The summed E-state index contributed by atoms with van der Waals surface area (Å²) in [5.74, 6) is -0.0471. The van der Waals surface area contributed by atoms with Gasteiger partial charge in [0.05, 0.1) is 6.04 Å². The lowest BCUT2D eigenvalue weighted by molar-refractivity contribution is -0.149. The van der Waals surface area contributed by atoms with E-state index < -0.39 is 18.5 Å². The number of tetrazole rings is 1. The molecule has 158 valence electrons. The number of ether oxygens (including phenoxy) is 1. The molecule has 4 rings (SSSR count). The van der Waals surface area contributed by atoms with Gasteiger partial charge >= 0.3 is 5.97 Å². The van der Waals surface area contributed by atoms with Gasteiger partial charge in [-0.2, -0.15) is 4.80 Å². The fourth-order valence-electron chi connectivity index (χ4n) is 3.01. The molecule has 0 bridgehead atoms. The van der Waals surface area contributed by atoms with Crippen molar-refractivity contribution in [3.05, 3.63) is 65.9 Å². The Balaban J connectivity index is 1.26. The minimum atomic E-state index is -0.639. The zero-order valence-electron chi connectivity index (χ0n) is 17.1. The topological polar surface area (TPSA) is 112 Å². The molecule has 0 aliphatic rings. The normalized spacial score (nSPS) is 11.9. The molecule has 4 aromatic rings. The maximum Gasteiger partial charge on any atom is 0.330 e. The first-order chi connectivity index (χ1) is 15.0. The molecule has 0 saturated heterocycles. The Morgan fingerprint density at radius 1 is 1.16 bits per heavy atom. The Bertz CT molecular complexity index is 1180. The van der Waals surface area contributed by atoms with Crippen LogP contribution in [-0.4, -0.2) is 38.7 Å². The van der Waals surface area contributed by atoms with E-state index in [1.54, 1.807) is 6.92 Å². The Hall–Kier alpha value is -4.01. The lowest BCUT2D eigenvalue weighted by Gasteiger charge is -2.11. The van der Waals surface area contributed by atoms with Crippen molar-refractivity contribution in [1.82, 2.24) is 25.5 Å². The first kappa shape index (κ1) is 20.3. The summed E-state index contributed by atoms with van der Waals surface area (Å²) in [5, 5.41) is 15.7. The molecular formula is C22H21N5O4. The van der Waals surface area contributed by atoms with Gasteiger partial charge in [-0.25, -0.2) is 4.79 Å². The van der Waals surface area contributed by atoms with Gasteiger partial charge in [-0.3, -0.25) is 4.79 Å². The highest BCUT2D eigenvalue weighted by Gasteiger charge is 2.16. The maximum absolute atomic E-state index is 12.1. The number of rotatable bonds is 7. The highest BCUT2D eigenvalue weighted by atomic mass is 16.5. The monoisotopic (exact) mass is 419 g/mol. The van der Waals surface area contributed by atoms with E-state index in [0.717, 1.165) is 26.9 Å². The zero-order chi connectivity index (χ0) is 21.8. The van der Waals surface area contributed by atoms with Crippen molar-refractivity contribution in [2.45, 2.75) is 26.4 Å². The van der Waals surface area contributed by atoms with Crippen LogP contribution in [0.5, 0.6) is 0 Å². The molecule has 0 aliphatic heterocycles. The Kier molecular flexibility index (Phi) is 5.74. The SMILES string of the molecule is Cc1ccc(-c2nnn(CC(=O)OCC(=O)N[C@@H](C)c3cc4ccccc4o3)n2)cc1. The largest absolute Gasteiger partial charge is 0.459 e. The van der Waals surface area contributed by atoms with Gasteiger partial charge in [0, 0.05) is 10.9 Å². The van der Waals surface area contributed by atoms with E-state index in [4.69, 9.17) is 9.15 Å². The highest BCUT2D eigenvalue weighted by Crippen LogP contribution is 2.23. The van der Waals surface area contributed by atoms with Gasteiger partial charge in [0.15, 0.2) is 13.2 Å². The van der Waals surface area contributed by atoms with Crippen LogP contribution in [0.2, 0.25) is 0 Å². The van der Waals surface area contributed by atoms with Gasteiger partial charge in [0.25, 0.3) is 5.91 Å². The molecule has 2 aromatic heterocycles. The molecule has 0 saturated carbocycles. The van der Waals surface area contributed by atoms with E-state index >= 15 is 0 Å². The van der Waals surface area contributed by atoms with E-state index in [1.807, 2.05) is 61.5 Å². The summed E-state index contributed by atoms with van der Waals surface area (Å²) < 4.78 is 10.8. The highest BCUT2D eigenvalue weighted by molar-refractivity contribution is 5.81. The van der Waals surface area contributed by atoms with E-state index in [0.29, 0.717) is 11.6 Å². The Morgan fingerprint density at radius 2 is 1.94 bits per heavy atom.